The minimum absolute atomic E-state index is 0.00789. The predicted molar refractivity (Wildman–Crippen MR) is 86.3 cm³/mol. The van der Waals surface area contributed by atoms with Crippen molar-refractivity contribution in [2.24, 2.45) is 0 Å². The summed E-state index contributed by atoms with van der Waals surface area (Å²) in [5.74, 6) is 0.303. The fourth-order valence-corrected chi connectivity index (χ4v) is 3.10. The first-order valence-electron chi connectivity index (χ1n) is 7.40. The van der Waals surface area contributed by atoms with Crippen molar-refractivity contribution in [1.29, 1.82) is 0 Å². The van der Waals surface area contributed by atoms with Crippen LogP contribution in [0.3, 0.4) is 0 Å². The van der Waals surface area contributed by atoms with Gasteiger partial charge >= 0.3 is 5.97 Å². The lowest BCUT2D eigenvalue weighted by Gasteiger charge is -2.16. The van der Waals surface area contributed by atoms with Gasteiger partial charge < -0.3 is 14.0 Å². The monoisotopic (exact) mass is 369 g/mol. The van der Waals surface area contributed by atoms with Crippen molar-refractivity contribution in [3.8, 4) is 5.75 Å². The van der Waals surface area contributed by atoms with E-state index < -0.39 is 28.1 Å². The molecule has 0 bridgehead atoms. The molecule has 1 heterocycles. The number of nitrogens with zero attached hydrogens (tertiary/aromatic N) is 2. The van der Waals surface area contributed by atoms with E-state index in [4.69, 9.17) is 14.0 Å². The number of benzene rings is 1. The smallest absolute Gasteiger partial charge is 0.324 e. The van der Waals surface area contributed by atoms with Crippen LogP contribution in [-0.2, 0) is 19.6 Å². The quantitative estimate of drug-likeness (QED) is 0.726. The van der Waals surface area contributed by atoms with Gasteiger partial charge in [0.15, 0.2) is 11.9 Å². The van der Waals surface area contributed by atoms with Gasteiger partial charge in [0.2, 0.25) is 10.0 Å². The average Bonchev–Trinajstić information content (AvgIpc) is 3.01. The first-order valence-corrected chi connectivity index (χ1v) is 8.88. The topological polar surface area (TPSA) is 121 Å². The average molecular weight is 369 g/mol. The Hall–Kier alpha value is -2.46. The van der Waals surface area contributed by atoms with Crippen LogP contribution in [0.4, 0.5) is 0 Å². The molecule has 0 aliphatic rings. The van der Waals surface area contributed by atoms with Crippen molar-refractivity contribution in [1.82, 2.24) is 14.9 Å². The van der Waals surface area contributed by atoms with E-state index in [1.165, 1.54) is 38.3 Å². The summed E-state index contributed by atoms with van der Waals surface area (Å²) in [6.45, 7) is 4.57. The van der Waals surface area contributed by atoms with E-state index >= 15 is 0 Å². The van der Waals surface area contributed by atoms with Gasteiger partial charge in [-0.3, -0.25) is 4.79 Å². The number of carbonyl (C=O) groups excluding carboxylic acids is 1. The Kier molecular flexibility index (Phi) is 5.75. The van der Waals surface area contributed by atoms with E-state index in [1.54, 1.807) is 13.8 Å². The molecule has 9 nitrogen and oxygen atoms in total. The maximum atomic E-state index is 12.3. The molecule has 0 saturated heterocycles. The third-order valence-electron chi connectivity index (χ3n) is 3.24. The summed E-state index contributed by atoms with van der Waals surface area (Å²) in [7, 11) is -2.41. The van der Waals surface area contributed by atoms with E-state index in [2.05, 4.69) is 14.9 Å². The first-order chi connectivity index (χ1) is 11.7. The van der Waals surface area contributed by atoms with Gasteiger partial charge in [-0.15, -0.1) is 0 Å². The van der Waals surface area contributed by atoms with Crippen molar-refractivity contribution in [3.63, 3.8) is 0 Å². The number of hydrogen-bond donors (Lipinski definition) is 1. The first kappa shape index (κ1) is 18.9. The number of methoxy groups -OCH3 is 1. The molecule has 2 aromatic rings. The fourth-order valence-electron chi connectivity index (χ4n) is 1.91. The molecule has 2 rings (SSSR count). The van der Waals surface area contributed by atoms with Crippen LogP contribution in [0.25, 0.3) is 0 Å². The van der Waals surface area contributed by atoms with E-state index in [1.807, 2.05) is 0 Å². The van der Waals surface area contributed by atoms with Gasteiger partial charge in [0.25, 0.3) is 5.89 Å². The molecule has 10 heteroatoms. The summed E-state index contributed by atoms with van der Waals surface area (Å²) in [5.41, 5.74) is 0. The Labute approximate surface area is 145 Å². The highest BCUT2D eigenvalue weighted by Crippen LogP contribution is 2.17. The second kappa shape index (κ2) is 7.62. The lowest BCUT2D eigenvalue weighted by atomic mass is 10.3. The number of nitrogens with one attached hydrogen (secondary N) is 1. The Morgan fingerprint density at radius 3 is 2.40 bits per heavy atom. The Morgan fingerprint density at radius 2 is 1.88 bits per heavy atom. The fraction of sp³-hybridized carbons (Fsp3) is 0.400. The lowest BCUT2D eigenvalue weighted by molar-refractivity contribution is -0.151. The van der Waals surface area contributed by atoms with E-state index in [0.717, 1.165) is 0 Å². The molecule has 0 radical (unpaired) electrons. The highest BCUT2D eigenvalue weighted by Gasteiger charge is 2.26. The highest BCUT2D eigenvalue weighted by atomic mass is 32.2. The van der Waals surface area contributed by atoms with Gasteiger partial charge in [-0.25, -0.2) is 8.42 Å². The van der Waals surface area contributed by atoms with Gasteiger partial charge in [0.1, 0.15) is 11.8 Å². The molecule has 1 aromatic heterocycles. The third-order valence-corrected chi connectivity index (χ3v) is 4.80. The molecule has 0 spiro atoms. The standard InChI is InChI=1S/C15H19N3O6S/c1-9(15(19)23-10(2)14-16-11(3)17-24-14)18-25(20,21)13-7-5-12(22-4)6-8-13/h5-10,18H,1-4H3/t9-,10?/m0/s1. The van der Waals surface area contributed by atoms with Gasteiger partial charge in [0.05, 0.1) is 12.0 Å². The number of rotatable bonds is 7. The molecule has 25 heavy (non-hydrogen) atoms. The van der Waals surface area contributed by atoms with Crippen molar-refractivity contribution < 1.29 is 27.2 Å². The molecule has 2 atom stereocenters. The zero-order valence-electron chi connectivity index (χ0n) is 14.2. The largest absolute Gasteiger partial charge is 0.497 e. The minimum Gasteiger partial charge on any atom is -0.497 e. The van der Waals surface area contributed by atoms with Crippen LogP contribution in [-0.4, -0.2) is 37.7 Å². The van der Waals surface area contributed by atoms with Crippen molar-refractivity contribution >= 4 is 16.0 Å². The summed E-state index contributed by atoms with van der Waals surface area (Å²) in [4.78, 5) is 16.0. The minimum atomic E-state index is -3.88. The number of sulfonamides is 1. The van der Waals surface area contributed by atoms with E-state index in [9.17, 15) is 13.2 Å². The predicted octanol–water partition coefficient (Wildman–Crippen LogP) is 1.36. The summed E-state index contributed by atoms with van der Waals surface area (Å²) in [6, 6.07) is 4.68. The second-order valence-corrected chi connectivity index (χ2v) is 6.99. The van der Waals surface area contributed by atoms with Gasteiger partial charge in [-0.2, -0.15) is 9.71 Å². The normalized spacial score (nSPS) is 13.9. The summed E-state index contributed by atoms with van der Waals surface area (Å²) in [6.07, 6.45) is -0.790. The van der Waals surface area contributed by atoms with Crippen LogP contribution in [0.5, 0.6) is 5.75 Å². The van der Waals surface area contributed by atoms with Crippen LogP contribution >= 0.6 is 0 Å². The number of esters is 1. The third kappa shape index (κ3) is 4.77. The van der Waals surface area contributed by atoms with Crippen LogP contribution < -0.4 is 9.46 Å². The molecule has 136 valence electrons. The number of hydrogen-bond acceptors (Lipinski definition) is 8. The molecule has 0 aliphatic carbocycles. The van der Waals surface area contributed by atoms with Crippen molar-refractivity contribution in [3.05, 3.63) is 36.0 Å². The maximum Gasteiger partial charge on any atom is 0.324 e. The van der Waals surface area contributed by atoms with E-state index in [0.29, 0.717) is 11.6 Å². The number of aromatic nitrogens is 2. The SMILES string of the molecule is COc1ccc(S(=O)(=O)N[C@@H](C)C(=O)OC(C)c2nc(C)no2)cc1. The molecule has 0 fully saturated rings. The van der Waals surface area contributed by atoms with Crippen LogP contribution in [0.2, 0.25) is 0 Å². The Morgan fingerprint density at radius 1 is 1.24 bits per heavy atom. The van der Waals surface area contributed by atoms with Crippen LogP contribution in [0.1, 0.15) is 31.7 Å². The van der Waals surface area contributed by atoms with Crippen molar-refractivity contribution in [2.75, 3.05) is 7.11 Å². The number of carbonyl (C=O) groups is 1. The number of aryl methyl sites for hydroxylation is 1. The van der Waals surface area contributed by atoms with Crippen LogP contribution in [0.15, 0.2) is 33.7 Å². The summed E-state index contributed by atoms with van der Waals surface area (Å²) < 4.78 is 41.9. The van der Waals surface area contributed by atoms with Gasteiger partial charge in [-0.05, 0) is 45.0 Å². The Balaban J connectivity index is 2.01. The Bertz CT molecular complexity index is 831. The van der Waals surface area contributed by atoms with Gasteiger partial charge in [0, 0.05) is 0 Å². The van der Waals surface area contributed by atoms with Crippen molar-refractivity contribution in [2.45, 2.75) is 37.8 Å². The molecule has 0 saturated carbocycles. The van der Waals surface area contributed by atoms with Gasteiger partial charge in [-0.1, -0.05) is 5.16 Å². The molecule has 0 aliphatic heterocycles. The molecule has 1 aromatic carbocycles. The summed E-state index contributed by atoms with van der Waals surface area (Å²) in [5, 5.41) is 3.60. The lowest BCUT2D eigenvalue weighted by Crippen LogP contribution is -2.39. The molecular formula is C15H19N3O6S. The second-order valence-electron chi connectivity index (χ2n) is 5.28. The highest BCUT2D eigenvalue weighted by molar-refractivity contribution is 7.89. The van der Waals surface area contributed by atoms with Crippen LogP contribution in [0, 0.1) is 6.92 Å². The molecular weight excluding hydrogens is 350 g/mol. The maximum absolute atomic E-state index is 12.3. The molecule has 1 unspecified atom stereocenters. The zero-order valence-corrected chi connectivity index (χ0v) is 15.0. The van der Waals surface area contributed by atoms with E-state index in [-0.39, 0.29) is 10.8 Å². The molecule has 1 N–H and O–H groups in total. The summed E-state index contributed by atoms with van der Waals surface area (Å²) >= 11 is 0. The number of ether oxygens (including phenoxy) is 2. The zero-order chi connectivity index (χ0) is 18.6. The molecule has 0 amide bonds.